The van der Waals surface area contributed by atoms with Gasteiger partial charge in [-0.1, -0.05) is 194 Å². The summed E-state index contributed by atoms with van der Waals surface area (Å²) in [6.07, 6.45) is 3.95. The molecule has 2 unspecified atom stereocenters. The molecule has 1 spiro atoms. The van der Waals surface area contributed by atoms with Crippen LogP contribution in [-0.2, 0) is 5.41 Å². The molecule has 0 saturated heterocycles. The molecule has 43 heavy (non-hydrogen) atoms. The molecular formula is C43H82. The molecule has 0 aliphatic heterocycles. The van der Waals surface area contributed by atoms with E-state index in [1.54, 1.807) is 22.3 Å². The van der Waals surface area contributed by atoms with Gasteiger partial charge in [0.1, 0.15) is 0 Å². The molecule has 9 atom stereocenters. The Kier molecular flexibility index (Phi) is 26.7. The Hall–Kier alpha value is -1.56. The fourth-order valence-corrected chi connectivity index (χ4v) is 8.32. The molecule has 0 heterocycles. The Labute approximate surface area is 275 Å². The molecule has 0 nitrogen and oxygen atoms in total. The topological polar surface area (TPSA) is 0 Å². The van der Waals surface area contributed by atoms with Crippen molar-refractivity contribution < 1.29 is 0 Å². The van der Waals surface area contributed by atoms with E-state index in [9.17, 15) is 0 Å². The second-order valence-electron chi connectivity index (χ2n) is 11.4. The molecular weight excluding hydrogens is 516 g/mol. The maximum absolute atomic E-state index is 2.56. The minimum atomic E-state index is 0. The summed E-state index contributed by atoms with van der Waals surface area (Å²) in [5, 5.41) is 0. The van der Waals surface area contributed by atoms with Crippen molar-refractivity contribution in [3.8, 4) is 0 Å². The van der Waals surface area contributed by atoms with E-state index in [1.165, 1.54) is 19.3 Å². The van der Waals surface area contributed by atoms with Crippen LogP contribution in [0.25, 0.3) is 0 Å². The summed E-state index contributed by atoms with van der Waals surface area (Å²) in [6, 6.07) is 19.0. The Morgan fingerprint density at radius 1 is 0.605 bits per heavy atom. The third-order valence-corrected chi connectivity index (χ3v) is 9.56. The van der Waals surface area contributed by atoms with Gasteiger partial charge in [-0.3, -0.25) is 0 Å². The van der Waals surface area contributed by atoms with Crippen molar-refractivity contribution in [2.75, 3.05) is 0 Å². The lowest BCUT2D eigenvalue weighted by molar-refractivity contribution is -0.0111. The Morgan fingerprint density at radius 2 is 0.977 bits per heavy atom. The first kappa shape index (κ1) is 48.3. The van der Waals surface area contributed by atoms with Gasteiger partial charge in [-0.25, -0.2) is 0 Å². The molecule has 2 saturated carbocycles. The zero-order chi connectivity index (χ0) is 31.2. The van der Waals surface area contributed by atoms with Crippen molar-refractivity contribution in [3.63, 3.8) is 0 Å². The molecule has 254 valence electrons. The van der Waals surface area contributed by atoms with E-state index in [0.717, 1.165) is 35.5 Å². The maximum Gasteiger partial charge on any atom is 0.0276 e. The fourth-order valence-electron chi connectivity index (χ4n) is 8.32. The van der Waals surface area contributed by atoms with Crippen LogP contribution in [0.4, 0.5) is 0 Å². The monoisotopic (exact) mass is 599 g/mol. The minimum Gasteiger partial charge on any atom is -0.0776 e. The zero-order valence-electron chi connectivity index (χ0n) is 29.9. The Morgan fingerprint density at radius 3 is 1.42 bits per heavy atom. The summed E-state index contributed by atoms with van der Waals surface area (Å²) >= 11 is 0. The van der Waals surface area contributed by atoms with Gasteiger partial charge in [-0.2, -0.15) is 0 Å². The maximum atomic E-state index is 2.56. The molecule has 2 aromatic carbocycles. The molecule has 0 N–H and O–H groups in total. The largest absolute Gasteiger partial charge is 0.0776 e. The van der Waals surface area contributed by atoms with Gasteiger partial charge in [0.15, 0.2) is 0 Å². The van der Waals surface area contributed by atoms with E-state index in [0.29, 0.717) is 11.8 Å². The average Bonchev–Trinajstić information content (AvgIpc) is 3.49. The van der Waals surface area contributed by atoms with Crippen LogP contribution in [0, 0.1) is 35.5 Å². The quantitative estimate of drug-likeness (QED) is 0.283. The fraction of sp³-hybridized carbons (Fsp3) is 0.721. The van der Waals surface area contributed by atoms with Gasteiger partial charge in [0, 0.05) is 5.41 Å². The lowest BCUT2D eigenvalue weighted by Crippen LogP contribution is -2.52. The third-order valence-electron chi connectivity index (χ3n) is 9.56. The van der Waals surface area contributed by atoms with Gasteiger partial charge in [0.2, 0.25) is 0 Å². The molecule has 6 rings (SSSR count). The smallest absolute Gasteiger partial charge is 0.0276 e. The first-order chi connectivity index (χ1) is 19.4. The van der Waals surface area contributed by atoms with Crippen LogP contribution < -0.4 is 0 Å². The molecule has 0 heteroatoms. The molecule has 0 aromatic heterocycles. The summed E-state index contributed by atoms with van der Waals surface area (Å²) in [5.41, 5.74) is 6.95. The van der Waals surface area contributed by atoms with Crippen molar-refractivity contribution >= 4 is 0 Å². The second kappa shape index (κ2) is 23.8. The van der Waals surface area contributed by atoms with Crippen LogP contribution in [0.5, 0.6) is 0 Å². The summed E-state index contributed by atoms with van der Waals surface area (Å²) in [6.45, 7) is 34.6. The summed E-state index contributed by atoms with van der Waals surface area (Å²) < 4.78 is 0. The highest BCUT2D eigenvalue weighted by Gasteiger charge is 2.71. The average molecular weight is 599 g/mol. The van der Waals surface area contributed by atoms with Gasteiger partial charge < -0.3 is 0 Å². The van der Waals surface area contributed by atoms with Crippen molar-refractivity contribution in [3.05, 3.63) is 70.8 Å². The first-order valence-electron chi connectivity index (χ1n) is 17.6. The normalized spacial score (nSPS) is 30.0. The molecule has 0 amide bonds. The molecule has 0 bridgehead atoms. The Bertz CT molecular complexity index is 923. The van der Waals surface area contributed by atoms with E-state index in [4.69, 9.17) is 0 Å². The first-order valence-corrected chi connectivity index (χ1v) is 17.6. The highest BCUT2D eigenvalue weighted by molar-refractivity contribution is 5.61. The molecule has 0 radical (unpaired) electrons. The van der Waals surface area contributed by atoms with Gasteiger partial charge >= 0.3 is 0 Å². The highest BCUT2D eigenvalue weighted by atomic mass is 14.7. The van der Waals surface area contributed by atoms with Crippen molar-refractivity contribution in [1.82, 2.24) is 0 Å². The van der Waals surface area contributed by atoms with E-state index in [2.05, 4.69) is 104 Å². The standard InChI is InChI=1S/C26H30.2C3H8.4C2H6.3CH4/c1-14-13-20-23(15(14)2)25-24(20)19-10-6-8-12-22(19)26(25)17(4)16(3)18-9-5-7-11-21(18)26;2*1-3-2;4*1-2;;;/h5-12,14-17,20,23-25H,13H2,1-4H3;2*3H2,1-2H3;4*1-2H3;3*1H4/t14-,15-,16-,17+,20+,23?,24+,25-,26?;;;;;;;;;/m0........./s1. The molecule has 4 aliphatic rings. The number of rotatable bonds is 0. The van der Waals surface area contributed by atoms with E-state index in [1.807, 2.05) is 55.4 Å². The van der Waals surface area contributed by atoms with Crippen LogP contribution in [0.2, 0.25) is 0 Å². The van der Waals surface area contributed by atoms with Crippen LogP contribution in [0.1, 0.15) is 186 Å². The SMILES string of the molecule is C.C.C.CC.CC.CC.CC.CCC.CCC.C[C@@H]1c2ccccc2C2(c3ccccc3[C@@H]3[C@@H]4C[C@H](C)[C@H](C)C4[C@@H]32)[C@@H]1C. The summed E-state index contributed by atoms with van der Waals surface area (Å²) in [5.74, 6) is 6.61. The van der Waals surface area contributed by atoms with Gasteiger partial charge in [-0.15, -0.1) is 0 Å². The summed E-state index contributed by atoms with van der Waals surface area (Å²) in [4.78, 5) is 0. The summed E-state index contributed by atoms with van der Waals surface area (Å²) in [7, 11) is 0. The third kappa shape index (κ3) is 8.38. The number of hydrogen-bond donors (Lipinski definition) is 0. The van der Waals surface area contributed by atoms with Crippen molar-refractivity contribution in [1.29, 1.82) is 0 Å². The number of fused-ring (bicyclic) bond motifs is 10. The Balaban J connectivity index is -0.000000394. The lowest BCUT2D eigenvalue weighted by Gasteiger charge is -2.55. The predicted octanol–water partition coefficient (Wildman–Crippen LogP) is 15.2. The van der Waals surface area contributed by atoms with Gasteiger partial charge in [0.05, 0.1) is 0 Å². The second-order valence-corrected chi connectivity index (χ2v) is 11.4. The highest BCUT2D eigenvalue weighted by Crippen LogP contribution is 2.77. The molecule has 2 aromatic rings. The molecule has 4 aliphatic carbocycles. The van der Waals surface area contributed by atoms with Crippen LogP contribution in [-0.4, -0.2) is 0 Å². The van der Waals surface area contributed by atoms with E-state index >= 15 is 0 Å². The van der Waals surface area contributed by atoms with E-state index < -0.39 is 0 Å². The van der Waals surface area contributed by atoms with Crippen LogP contribution in [0.15, 0.2) is 48.5 Å². The van der Waals surface area contributed by atoms with Crippen molar-refractivity contribution in [2.24, 2.45) is 35.5 Å². The van der Waals surface area contributed by atoms with Crippen LogP contribution >= 0.6 is 0 Å². The van der Waals surface area contributed by atoms with Crippen LogP contribution in [0.3, 0.4) is 0 Å². The van der Waals surface area contributed by atoms with Gasteiger partial charge in [-0.05, 0) is 76.0 Å². The molecule has 2 fully saturated rings. The van der Waals surface area contributed by atoms with Crippen molar-refractivity contribution in [2.45, 2.75) is 170 Å². The van der Waals surface area contributed by atoms with E-state index in [-0.39, 0.29) is 27.7 Å². The zero-order valence-corrected chi connectivity index (χ0v) is 29.9. The number of benzene rings is 2. The predicted molar refractivity (Wildman–Crippen MR) is 205 cm³/mol. The van der Waals surface area contributed by atoms with Gasteiger partial charge in [0.25, 0.3) is 0 Å². The lowest BCUT2D eigenvalue weighted by atomic mass is 9.48. The minimum absolute atomic E-state index is 0. The number of hydrogen-bond acceptors (Lipinski definition) is 0.